The van der Waals surface area contributed by atoms with Gasteiger partial charge < -0.3 is 24.7 Å². The van der Waals surface area contributed by atoms with E-state index < -0.39 is 24.2 Å². The molecule has 2 rings (SSSR count). The van der Waals surface area contributed by atoms with Crippen LogP contribution in [-0.4, -0.2) is 41.6 Å². The summed E-state index contributed by atoms with van der Waals surface area (Å²) < 4.78 is 21.9. The highest BCUT2D eigenvalue weighted by atomic mass is 16.7. The van der Waals surface area contributed by atoms with Crippen LogP contribution >= 0.6 is 0 Å². The Morgan fingerprint density at radius 2 is 2.45 bits per heavy atom. The molecule has 0 amide bonds. The van der Waals surface area contributed by atoms with Crippen LogP contribution < -0.4 is 11.4 Å². The van der Waals surface area contributed by atoms with Gasteiger partial charge >= 0.3 is 11.7 Å². The van der Waals surface area contributed by atoms with Crippen molar-refractivity contribution in [2.45, 2.75) is 19.4 Å². The van der Waals surface area contributed by atoms with E-state index in [-0.39, 0.29) is 19.0 Å². The van der Waals surface area contributed by atoms with Gasteiger partial charge in [0.15, 0.2) is 12.5 Å². The predicted octanol–water partition coefficient (Wildman–Crippen LogP) is -0.210. The van der Waals surface area contributed by atoms with Crippen LogP contribution in [0.15, 0.2) is 29.4 Å². The van der Waals surface area contributed by atoms with E-state index in [1.807, 2.05) is 0 Å². The molecule has 0 saturated carbocycles. The molecule has 1 fully saturated rings. The van der Waals surface area contributed by atoms with Crippen molar-refractivity contribution in [3.63, 3.8) is 0 Å². The number of nitrogens with two attached hydrogens (primary N) is 1. The summed E-state index contributed by atoms with van der Waals surface area (Å²) in [5.41, 5.74) is 4.90. The Bertz CT molecular complexity index is 600. The molecule has 9 heteroatoms. The van der Waals surface area contributed by atoms with E-state index in [1.54, 1.807) is 6.92 Å². The van der Waals surface area contributed by atoms with Crippen molar-refractivity contribution in [3.05, 3.63) is 35.1 Å². The monoisotopic (exact) mass is 311 g/mol. The van der Waals surface area contributed by atoms with Crippen LogP contribution in [0.4, 0.5) is 5.82 Å². The van der Waals surface area contributed by atoms with Crippen molar-refractivity contribution < 1.29 is 23.7 Å². The number of rotatable bonds is 6. The van der Waals surface area contributed by atoms with Crippen LogP contribution in [0.1, 0.15) is 13.2 Å². The second kappa shape index (κ2) is 7.57. The summed E-state index contributed by atoms with van der Waals surface area (Å²) in [6.45, 7) is 2.26. The van der Waals surface area contributed by atoms with Gasteiger partial charge in [-0.05, 0) is 13.0 Å². The molecular formula is C13H17N3O6. The molecule has 2 N–H and O–H groups in total. The summed E-state index contributed by atoms with van der Waals surface area (Å²) in [5.74, 6) is -0.350. The van der Waals surface area contributed by atoms with Crippen LogP contribution in [0.2, 0.25) is 0 Å². The molecule has 1 saturated heterocycles. The van der Waals surface area contributed by atoms with Crippen LogP contribution in [0.25, 0.3) is 0 Å². The predicted molar refractivity (Wildman–Crippen MR) is 74.5 cm³/mol. The van der Waals surface area contributed by atoms with Crippen molar-refractivity contribution in [1.29, 1.82) is 0 Å². The fourth-order valence-electron chi connectivity index (χ4n) is 1.75. The molecule has 0 spiro atoms. The molecule has 0 unspecified atom stereocenters. The van der Waals surface area contributed by atoms with Gasteiger partial charge in [0.05, 0.1) is 25.6 Å². The Morgan fingerprint density at radius 3 is 3.18 bits per heavy atom. The number of ether oxygens (including phenoxy) is 4. The molecule has 22 heavy (non-hydrogen) atoms. The topological polar surface area (TPSA) is 115 Å². The molecule has 0 aromatic carbocycles. The number of carbonyl (C=O) groups is 1. The summed E-state index contributed by atoms with van der Waals surface area (Å²) in [6, 6.07) is 1.50. The maximum atomic E-state index is 11.7. The Morgan fingerprint density at radius 1 is 1.64 bits per heavy atom. The Labute approximate surface area is 126 Å². The first kappa shape index (κ1) is 16.0. The molecule has 2 atom stereocenters. The minimum Gasteiger partial charge on any atom is -0.496 e. The lowest BCUT2D eigenvalue weighted by molar-refractivity contribution is -0.137. The third-order valence-electron chi connectivity index (χ3n) is 2.71. The lowest BCUT2D eigenvalue weighted by Crippen LogP contribution is -2.28. The second-order valence-corrected chi connectivity index (χ2v) is 4.28. The van der Waals surface area contributed by atoms with E-state index in [9.17, 15) is 9.59 Å². The standard InChI is InChI=1S/C13H17N3O6/c1-2-20-11(17)4-6-19-8-12-21-7-10(22-12)16-5-3-9(14)15-13(16)18/h3-6,10,12H,2,7-8H2,1H3,(H2,14,15,18)/t10-,12-/m0/s1. The highest BCUT2D eigenvalue weighted by Gasteiger charge is 2.28. The van der Waals surface area contributed by atoms with Crippen molar-refractivity contribution >= 4 is 11.8 Å². The zero-order chi connectivity index (χ0) is 15.9. The van der Waals surface area contributed by atoms with Gasteiger partial charge in [-0.2, -0.15) is 4.98 Å². The molecular weight excluding hydrogens is 294 g/mol. The number of esters is 1. The minimum absolute atomic E-state index is 0.0730. The lowest BCUT2D eigenvalue weighted by Gasteiger charge is -2.12. The van der Waals surface area contributed by atoms with Gasteiger partial charge in [0.25, 0.3) is 0 Å². The highest BCUT2D eigenvalue weighted by molar-refractivity contribution is 5.81. The average Bonchev–Trinajstić information content (AvgIpc) is 2.92. The molecule has 0 radical (unpaired) electrons. The van der Waals surface area contributed by atoms with E-state index in [1.165, 1.54) is 23.1 Å². The van der Waals surface area contributed by atoms with Crippen LogP contribution in [0.5, 0.6) is 0 Å². The molecule has 0 aliphatic carbocycles. The molecule has 1 aromatic heterocycles. The fourth-order valence-corrected chi connectivity index (χ4v) is 1.75. The maximum Gasteiger partial charge on any atom is 0.351 e. The van der Waals surface area contributed by atoms with E-state index >= 15 is 0 Å². The smallest absolute Gasteiger partial charge is 0.351 e. The first-order valence-corrected chi connectivity index (χ1v) is 6.66. The number of carbonyl (C=O) groups excluding carboxylic acids is 1. The maximum absolute atomic E-state index is 11.7. The van der Waals surface area contributed by atoms with Gasteiger partial charge in [0.1, 0.15) is 12.4 Å². The first-order valence-electron chi connectivity index (χ1n) is 6.66. The molecule has 2 heterocycles. The Hall–Kier alpha value is -2.39. The van der Waals surface area contributed by atoms with Crippen molar-refractivity contribution in [1.82, 2.24) is 9.55 Å². The molecule has 1 aliphatic rings. The summed E-state index contributed by atoms with van der Waals surface area (Å²) in [4.78, 5) is 26.3. The van der Waals surface area contributed by atoms with Gasteiger partial charge in [-0.1, -0.05) is 0 Å². The van der Waals surface area contributed by atoms with Crippen LogP contribution in [-0.2, 0) is 23.7 Å². The average molecular weight is 311 g/mol. The third-order valence-corrected chi connectivity index (χ3v) is 2.71. The van der Waals surface area contributed by atoms with E-state index in [4.69, 9.17) is 19.9 Å². The largest absolute Gasteiger partial charge is 0.496 e. The summed E-state index contributed by atoms with van der Waals surface area (Å²) in [7, 11) is 0. The Balaban J connectivity index is 1.80. The minimum atomic E-state index is -0.652. The quantitative estimate of drug-likeness (QED) is 0.436. The van der Waals surface area contributed by atoms with Gasteiger partial charge in [0, 0.05) is 6.20 Å². The number of hydrogen-bond acceptors (Lipinski definition) is 8. The second-order valence-electron chi connectivity index (χ2n) is 4.28. The highest BCUT2D eigenvalue weighted by Crippen LogP contribution is 2.19. The van der Waals surface area contributed by atoms with E-state index in [0.29, 0.717) is 6.61 Å². The van der Waals surface area contributed by atoms with E-state index in [2.05, 4.69) is 9.72 Å². The molecule has 1 aromatic rings. The van der Waals surface area contributed by atoms with Crippen molar-refractivity contribution in [2.75, 3.05) is 25.6 Å². The van der Waals surface area contributed by atoms with Gasteiger partial charge in [-0.25, -0.2) is 9.59 Å². The fraction of sp³-hybridized carbons (Fsp3) is 0.462. The zero-order valence-electron chi connectivity index (χ0n) is 12.0. The lowest BCUT2D eigenvalue weighted by atomic mass is 10.5. The Kier molecular flexibility index (Phi) is 5.50. The molecule has 1 aliphatic heterocycles. The summed E-state index contributed by atoms with van der Waals surface area (Å²) in [6.07, 6.45) is 2.60. The van der Waals surface area contributed by atoms with Gasteiger partial charge in [0.2, 0.25) is 0 Å². The van der Waals surface area contributed by atoms with Gasteiger partial charge in [-0.3, -0.25) is 4.57 Å². The molecule has 120 valence electrons. The number of nitrogen functional groups attached to an aromatic ring is 1. The van der Waals surface area contributed by atoms with E-state index in [0.717, 1.165) is 6.08 Å². The first-order chi connectivity index (χ1) is 10.6. The molecule has 9 nitrogen and oxygen atoms in total. The number of anilines is 1. The SMILES string of the molecule is CCOC(=O)C=COC[C@H]1OC[C@@H](n2ccc(N)nc2=O)O1. The van der Waals surface area contributed by atoms with Crippen LogP contribution in [0, 0.1) is 0 Å². The normalized spacial score (nSPS) is 21.1. The van der Waals surface area contributed by atoms with Crippen molar-refractivity contribution in [3.8, 4) is 0 Å². The summed E-state index contributed by atoms with van der Waals surface area (Å²) in [5, 5.41) is 0. The number of aromatic nitrogens is 2. The van der Waals surface area contributed by atoms with Crippen molar-refractivity contribution in [2.24, 2.45) is 0 Å². The molecule has 0 bridgehead atoms. The third kappa shape index (κ3) is 4.30. The van der Waals surface area contributed by atoms with Crippen LogP contribution in [0.3, 0.4) is 0 Å². The number of nitrogens with zero attached hydrogens (tertiary/aromatic N) is 2. The summed E-state index contributed by atoms with van der Waals surface area (Å²) >= 11 is 0. The van der Waals surface area contributed by atoms with Gasteiger partial charge in [-0.15, -0.1) is 0 Å². The number of hydrogen-bond donors (Lipinski definition) is 1. The zero-order valence-corrected chi connectivity index (χ0v) is 12.0.